The molecule has 1 saturated carbocycles. The molecule has 0 unspecified atom stereocenters. The van der Waals surface area contributed by atoms with Gasteiger partial charge < -0.3 is 4.98 Å². The molecule has 2 rings (SSSR count). The van der Waals surface area contributed by atoms with E-state index in [0.717, 1.165) is 26.1 Å². The molecule has 0 radical (unpaired) electrons. The Kier molecular flexibility index (Phi) is 5.74. The maximum Gasteiger partial charge on any atom is 0.264 e. The second kappa shape index (κ2) is 7.11. The Hall–Kier alpha value is -0.0400. The third-order valence-electron chi connectivity index (χ3n) is 3.49. The molecule has 0 aliphatic heterocycles. The first-order valence-corrected chi connectivity index (χ1v) is 9.11. The van der Waals surface area contributed by atoms with Gasteiger partial charge in [-0.15, -0.1) is 0 Å². The van der Waals surface area contributed by atoms with Crippen molar-refractivity contribution in [2.24, 2.45) is 0 Å². The van der Waals surface area contributed by atoms with Gasteiger partial charge in [-0.1, -0.05) is 33.1 Å². The zero-order chi connectivity index (χ0) is 13.8. The molecule has 1 aromatic rings. The maximum absolute atomic E-state index is 11.9. The van der Waals surface area contributed by atoms with Gasteiger partial charge in [0.2, 0.25) is 0 Å². The molecule has 0 spiro atoms. The van der Waals surface area contributed by atoms with Gasteiger partial charge in [0, 0.05) is 5.25 Å². The molecule has 0 amide bonds. The normalized spacial score (nSPS) is 17.1. The SMILES string of the molecule is CC(C)c1nc(CSC2CCCCC2)[nH]c(=O)c1I. The highest BCUT2D eigenvalue weighted by Gasteiger charge is 2.16. The van der Waals surface area contributed by atoms with Gasteiger partial charge in [-0.3, -0.25) is 4.79 Å². The van der Waals surface area contributed by atoms with Gasteiger partial charge >= 0.3 is 0 Å². The van der Waals surface area contributed by atoms with Crippen molar-refractivity contribution in [3.8, 4) is 0 Å². The fraction of sp³-hybridized carbons (Fsp3) is 0.714. The summed E-state index contributed by atoms with van der Waals surface area (Å²) >= 11 is 4.05. The first kappa shape index (κ1) is 15.4. The largest absolute Gasteiger partial charge is 0.309 e. The van der Waals surface area contributed by atoms with Crippen molar-refractivity contribution in [2.45, 2.75) is 62.9 Å². The van der Waals surface area contributed by atoms with Crippen LogP contribution in [0.15, 0.2) is 4.79 Å². The zero-order valence-corrected chi connectivity index (χ0v) is 14.5. The molecular formula is C14H21IN2OS. The fourth-order valence-electron chi connectivity index (χ4n) is 2.40. The van der Waals surface area contributed by atoms with Crippen molar-refractivity contribution in [2.75, 3.05) is 0 Å². The molecule has 19 heavy (non-hydrogen) atoms. The van der Waals surface area contributed by atoms with Crippen LogP contribution in [0.25, 0.3) is 0 Å². The smallest absolute Gasteiger partial charge is 0.264 e. The molecular weight excluding hydrogens is 371 g/mol. The van der Waals surface area contributed by atoms with Gasteiger partial charge in [-0.2, -0.15) is 11.8 Å². The fourth-order valence-corrected chi connectivity index (χ4v) is 4.48. The maximum atomic E-state index is 11.9. The third kappa shape index (κ3) is 4.21. The Labute approximate surface area is 132 Å². The van der Waals surface area contributed by atoms with Crippen molar-refractivity contribution in [1.29, 1.82) is 0 Å². The quantitative estimate of drug-likeness (QED) is 0.786. The van der Waals surface area contributed by atoms with Crippen LogP contribution in [-0.4, -0.2) is 15.2 Å². The van der Waals surface area contributed by atoms with Crippen LogP contribution in [0.4, 0.5) is 0 Å². The lowest BCUT2D eigenvalue weighted by Gasteiger charge is -2.20. The highest BCUT2D eigenvalue weighted by molar-refractivity contribution is 14.1. The Bertz CT molecular complexity index is 481. The van der Waals surface area contributed by atoms with E-state index in [0.29, 0.717) is 5.92 Å². The van der Waals surface area contributed by atoms with Crippen molar-refractivity contribution >= 4 is 34.4 Å². The number of H-pyrrole nitrogens is 1. The predicted octanol–water partition coefficient (Wildman–Crippen LogP) is 4.06. The number of aromatic nitrogens is 2. The molecule has 1 N–H and O–H groups in total. The molecule has 1 aliphatic rings. The van der Waals surface area contributed by atoms with Gasteiger partial charge in [0.1, 0.15) is 5.82 Å². The minimum Gasteiger partial charge on any atom is -0.309 e. The molecule has 106 valence electrons. The lowest BCUT2D eigenvalue weighted by atomic mass is 10.0. The average molecular weight is 392 g/mol. The average Bonchev–Trinajstić information content (AvgIpc) is 2.41. The van der Waals surface area contributed by atoms with Gasteiger partial charge in [0.15, 0.2) is 0 Å². The topological polar surface area (TPSA) is 45.8 Å². The zero-order valence-electron chi connectivity index (χ0n) is 11.5. The first-order chi connectivity index (χ1) is 9.08. The number of thioether (sulfide) groups is 1. The lowest BCUT2D eigenvalue weighted by Crippen LogP contribution is -2.19. The van der Waals surface area contributed by atoms with Gasteiger partial charge in [-0.25, -0.2) is 4.98 Å². The second-order valence-electron chi connectivity index (χ2n) is 5.44. The summed E-state index contributed by atoms with van der Waals surface area (Å²) in [5.74, 6) is 1.97. The number of aromatic amines is 1. The third-order valence-corrected chi connectivity index (χ3v) is 5.92. The monoisotopic (exact) mass is 392 g/mol. The standard InChI is InChI=1S/C14H21IN2OS/c1-9(2)13-12(15)14(18)17-11(16-13)8-19-10-6-4-3-5-7-10/h9-10H,3-8H2,1-2H3,(H,16,17,18). The van der Waals surface area contributed by atoms with Crippen LogP contribution >= 0.6 is 34.4 Å². The van der Waals surface area contributed by atoms with E-state index >= 15 is 0 Å². The summed E-state index contributed by atoms with van der Waals surface area (Å²) in [6.45, 7) is 4.17. The summed E-state index contributed by atoms with van der Waals surface area (Å²) in [4.78, 5) is 19.5. The van der Waals surface area contributed by atoms with E-state index in [1.54, 1.807) is 0 Å². The molecule has 1 aromatic heterocycles. The van der Waals surface area contributed by atoms with Crippen molar-refractivity contribution in [1.82, 2.24) is 9.97 Å². The van der Waals surface area contributed by atoms with Gasteiger partial charge in [-0.05, 0) is 41.4 Å². The van der Waals surface area contributed by atoms with Crippen LogP contribution in [-0.2, 0) is 5.75 Å². The van der Waals surface area contributed by atoms with Gasteiger partial charge in [0.05, 0.1) is 15.0 Å². The molecule has 5 heteroatoms. The van der Waals surface area contributed by atoms with Crippen LogP contribution in [0.3, 0.4) is 0 Å². The summed E-state index contributed by atoms with van der Waals surface area (Å²) in [6, 6.07) is 0. The molecule has 0 saturated heterocycles. The summed E-state index contributed by atoms with van der Waals surface area (Å²) in [6.07, 6.45) is 6.72. The molecule has 1 heterocycles. The molecule has 1 fully saturated rings. The first-order valence-electron chi connectivity index (χ1n) is 6.98. The van der Waals surface area contributed by atoms with E-state index in [-0.39, 0.29) is 5.56 Å². The minimum atomic E-state index is 0.0125. The van der Waals surface area contributed by atoms with E-state index in [9.17, 15) is 4.79 Å². The second-order valence-corrected chi connectivity index (χ2v) is 7.80. The van der Waals surface area contributed by atoms with E-state index in [4.69, 9.17) is 0 Å². The van der Waals surface area contributed by atoms with E-state index in [1.807, 2.05) is 11.8 Å². The summed E-state index contributed by atoms with van der Waals surface area (Å²) in [7, 11) is 0. The summed E-state index contributed by atoms with van der Waals surface area (Å²) in [5.41, 5.74) is 0.946. The van der Waals surface area contributed by atoms with Crippen LogP contribution in [0.1, 0.15) is 63.4 Å². The number of nitrogens with zero attached hydrogens (tertiary/aromatic N) is 1. The Balaban J connectivity index is 2.05. The Morgan fingerprint density at radius 1 is 1.37 bits per heavy atom. The number of halogens is 1. The highest BCUT2D eigenvalue weighted by Crippen LogP contribution is 2.30. The molecule has 0 bridgehead atoms. The highest BCUT2D eigenvalue weighted by atomic mass is 127. The minimum absolute atomic E-state index is 0.0125. The number of hydrogen-bond donors (Lipinski definition) is 1. The Morgan fingerprint density at radius 3 is 2.68 bits per heavy atom. The predicted molar refractivity (Wildman–Crippen MR) is 89.8 cm³/mol. The van der Waals surface area contributed by atoms with Crippen LogP contribution in [0.5, 0.6) is 0 Å². The van der Waals surface area contributed by atoms with Crippen molar-refractivity contribution in [3.05, 3.63) is 25.4 Å². The van der Waals surface area contributed by atoms with Crippen LogP contribution < -0.4 is 5.56 Å². The Morgan fingerprint density at radius 2 is 2.05 bits per heavy atom. The molecule has 1 aliphatic carbocycles. The van der Waals surface area contributed by atoms with Crippen molar-refractivity contribution in [3.63, 3.8) is 0 Å². The summed E-state index contributed by atoms with van der Waals surface area (Å²) in [5, 5.41) is 0.751. The van der Waals surface area contributed by atoms with Crippen molar-refractivity contribution < 1.29 is 0 Å². The van der Waals surface area contributed by atoms with E-state index in [1.165, 1.54) is 32.1 Å². The summed E-state index contributed by atoms with van der Waals surface area (Å²) < 4.78 is 0.735. The van der Waals surface area contributed by atoms with Crippen LogP contribution in [0.2, 0.25) is 0 Å². The number of rotatable bonds is 4. The van der Waals surface area contributed by atoms with Gasteiger partial charge in [0.25, 0.3) is 5.56 Å². The number of hydrogen-bond acceptors (Lipinski definition) is 3. The molecule has 3 nitrogen and oxygen atoms in total. The van der Waals surface area contributed by atoms with E-state index < -0.39 is 0 Å². The number of nitrogens with one attached hydrogen (secondary N) is 1. The lowest BCUT2D eigenvalue weighted by molar-refractivity contribution is 0.516. The molecule has 0 atom stereocenters. The molecule has 0 aromatic carbocycles. The van der Waals surface area contributed by atoms with E-state index in [2.05, 4.69) is 46.4 Å². The van der Waals surface area contributed by atoms with Crippen LogP contribution in [0, 0.1) is 3.57 Å².